The Morgan fingerprint density at radius 1 is 1.35 bits per heavy atom. The minimum Gasteiger partial charge on any atom is -0.323 e. The second kappa shape index (κ2) is 7.92. The Kier molecular flexibility index (Phi) is 5.63. The molecule has 26 heavy (non-hydrogen) atoms. The van der Waals surface area contributed by atoms with E-state index in [0.29, 0.717) is 29.4 Å². The molecule has 0 saturated carbocycles. The van der Waals surface area contributed by atoms with Crippen molar-refractivity contribution in [3.05, 3.63) is 40.2 Å². The van der Waals surface area contributed by atoms with Crippen LogP contribution in [-0.4, -0.2) is 23.3 Å². The highest BCUT2D eigenvalue weighted by molar-refractivity contribution is 7.13. The van der Waals surface area contributed by atoms with E-state index in [2.05, 4.69) is 20.9 Å². The Hall–Kier alpha value is -2.32. The first-order valence-electron chi connectivity index (χ1n) is 8.50. The molecule has 1 aliphatic rings. The van der Waals surface area contributed by atoms with Crippen LogP contribution in [0, 0.1) is 11.7 Å². The van der Waals surface area contributed by atoms with E-state index in [4.69, 9.17) is 0 Å². The average Bonchev–Trinajstić information content (AvgIpc) is 3.04. The Labute approximate surface area is 155 Å². The molecule has 1 aliphatic heterocycles. The van der Waals surface area contributed by atoms with Gasteiger partial charge in [0.15, 0.2) is 5.13 Å². The summed E-state index contributed by atoms with van der Waals surface area (Å²) in [6, 6.07) is 3.43. The van der Waals surface area contributed by atoms with E-state index in [1.54, 1.807) is 25.3 Å². The standard InChI is InChI=1S/C18H21FN4O2S/c1-10(2)17(25)23-18-21-12(9-26-18)7-15(24)22-14-4-3-11-8-20-6-5-13(11)16(14)19/h3-4,9-10,20H,5-8H2,1-2H3,(H,22,24)(H,21,23,25). The number of aromatic nitrogens is 1. The molecule has 0 radical (unpaired) electrons. The first kappa shape index (κ1) is 18.5. The second-order valence-corrected chi connectivity index (χ2v) is 7.36. The van der Waals surface area contributed by atoms with E-state index < -0.39 is 0 Å². The maximum absolute atomic E-state index is 14.6. The molecule has 0 unspecified atom stereocenters. The predicted octanol–water partition coefficient (Wildman–Crippen LogP) is 2.70. The molecular weight excluding hydrogens is 355 g/mol. The fourth-order valence-electron chi connectivity index (χ4n) is 2.68. The zero-order chi connectivity index (χ0) is 18.7. The minimum absolute atomic E-state index is 0.0200. The van der Waals surface area contributed by atoms with Crippen molar-refractivity contribution in [1.82, 2.24) is 10.3 Å². The van der Waals surface area contributed by atoms with Gasteiger partial charge in [-0.2, -0.15) is 0 Å². The Bertz CT molecular complexity index is 835. The Morgan fingerprint density at radius 2 is 2.15 bits per heavy atom. The summed E-state index contributed by atoms with van der Waals surface area (Å²) in [4.78, 5) is 28.1. The van der Waals surface area contributed by atoms with Gasteiger partial charge in [0, 0.05) is 17.8 Å². The molecule has 3 N–H and O–H groups in total. The summed E-state index contributed by atoms with van der Waals surface area (Å²) in [6.45, 7) is 4.95. The van der Waals surface area contributed by atoms with Crippen LogP contribution in [0.5, 0.6) is 0 Å². The third-order valence-corrected chi connectivity index (χ3v) is 4.94. The first-order valence-corrected chi connectivity index (χ1v) is 9.38. The number of rotatable bonds is 5. The maximum atomic E-state index is 14.6. The summed E-state index contributed by atoms with van der Waals surface area (Å²) in [5.74, 6) is -0.973. The van der Waals surface area contributed by atoms with Gasteiger partial charge in [0.25, 0.3) is 0 Å². The van der Waals surface area contributed by atoms with Crippen molar-refractivity contribution in [1.29, 1.82) is 0 Å². The number of hydrogen-bond donors (Lipinski definition) is 3. The molecule has 0 saturated heterocycles. The fourth-order valence-corrected chi connectivity index (χ4v) is 3.40. The molecule has 2 heterocycles. The van der Waals surface area contributed by atoms with Gasteiger partial charge >= 0.3 is 0 Å². The van der Waals surface area contributed by atoms with E-state index in [9.17, 15) is 14.0 Å². The van der Waals surface area contributed by atoms with Gasteiger partial charge in [-0.15, -0.1) is 11.3 Å². The number of carbonyl (C=O) groups excluding carboxylic acids is 2. The van der Waals surface area contributed by atoms with Crippen LogP contribution < -0.4 is 16.0 Å². The molecule has 6 nitrogen and oxygen atoms in total. The van der Waals surface area contributed by atoms with Crippen LogP contribution in [-0.2, 0) is 29.0 Å². The van der Waals surface area contributed by atoms with Crippen molar-refractivity contribution >= 4 is 34.0 Å². The Balaban J connectivity index is 1.63. The van der Waals surface area contributed by atoms with Crippen LogP contribution in [0.1, 0.15) is 30.7 Å². The van der Waals surface area contributed by atoms with Crippen molar-refractivity contribution < 1.29 is 14.0 Å². The lowest BCUT2D eigenvalue weighted by Crippen LogP contribution is -2.25. The third kappa shape index (κ3) is 4.25. The average molecular weight is 376 g/mol. The highest BCUT2D eigenvalue weighted by Crippen LogP contribution is 2.25. The molecule has 8 heteroatoms. The van der Waals surface area contributed by atoms with E-state index >= 15 is 0 Å². The highest BCUT2D eigenvalue weighted by Gasteiger charge is 2.18. The lowest BCUT2D eigenvalue weighted by molar-refractivity contribution is -0.119. The molecule has 0 atom stereocenters. The lowest BCUT2D eigenvalue weighted by Gasteiger charge is -2.19. The molecule has 2 amide bonds. The summed E-state index contributed by atoms with van der Waals surface area (Å²) in [6.07, 6.45) is 0.627. The van der Waals surface area contributed by atoms with Gasteiger partial charge in [0.05, 0.1) is 17.8 Å². The lowest BCUT2D eigenvalue weighted by atomic mass is 9.99. The number of nitrogens with zero attached hydrogens (tertiary/aromatic N) is 1. The van der Waals surface area contributed by atoms with Crippen LogP contribution in [0.2, 0.25) is 0 Å². The number of halogens is 1. The van der Waals surface area contributed by atoms with Gasteiger partial charge in [-0.25, -0.2) is 9.37 Å². The molecule has 1 aromatic heterocycles. The number of nitrogens with one attached hydrogen (secondary N) is 3. The maximum Gasteiger partial charge on any atom is 0.230 e. The van der Waals surface area contributed by atoms with Crippen LogP contribution >= 0.6 is 11.3 Å². The van der Waals surface area contributed by atoms with Crippen molar-refractivity contribution in [3.8, 4) is 0 Å². The molecule has 3 rings (SSSR count). The summed E-state index contributed by atoms with van der Waals surface area (Å²) >= 11 is 1.26. The number of fused-ring (bicyclic) bond motifs is 1. The van der Waals surface area contributed by atoms with Gasteiger partial charge in [0.2, 0.25) is 11.8 Å². The zero-order valence-corrected chi connectivity index (χ0v) is 15.5. The van der Waals surface area contributed by atoms with Gasteiger partial charge in [-0.3, -0.25) is 9.59 Å². The minimum atomic E-state index is -0.361. The summed E-state index contributed by atoms with van der Waals surface area (Å²) in [5, 5.41) is 10.7. The number of anilines is 2. The molecule has 0 spiro atoms. The number of thiazole rings is 1. The quantitative estimate of drug-likeness (QED) is 0.749. The molecule has 2 aromatic rings. The molecular formula is C18H21FN4O2S. The van der Waals surface area contributed by atoms with E-state index in [-0.39, 0.29) is 35.7 Å². The molecule has 138 valence electrons. The summed E-state index contributed by atoms with van der Waals surface area (Å²) < 4.78 is 14.6. The summed E-state index contributed by atoms with van der Waals surface area (Å²) in [7, 11) is 0. The van der Waals surface area contributed by atoms with Crippen LogP contribution in [0.25, 0.3) is 0 Å². The van der Waals surface area contributed by atoms with E-state index in [1.807, 2.05) is 6.07 Å². The fraction of sp³-hybridized carbons (Fsp3) is 0.389. The molecule has 1 aromatic carbocycles. The number of carbonyl (C=O) groups is 2. The zero-order valence-electron chi connectivity index (χ0n) is 14.7. The van der Waals surface area contributed by atoms with Crippen molar-refractivity contribution in [2.75, 3.05) is 17.2 Å². The normalized spacial score (nSPS) is 13.4. The van der Waals surface area contributed by atoms with Crippen LogP contribution in [0.3, 0.4) is 0 Å². The Morgan fingerprint density at radius 3 is 2.92 bits per heavy atom. The highest BCUT2D eigenvalue weighted by atomic mass is 32.1. The number of amides is 2. The molecule has 0 aliphatic carbocycles. The van der Waals surface area contributed by atoms with Gasteiger partial charge in [-0.1, -0.05) is 19.9 Å². The number of hydrogen-bond acceptors (Lipinski definition) is 5. The van der Waals surface area contributed by atoms with Gasteiger partial charge in [-0.05, 0) is 30.2 Å². The van der Waals surface area contributed by atoms with Crippen molar-refractivity contribution in [2.24, 2.45) is 5.92 Å². The SMILES string of the molecule is CC(C)C(=O)Nc1nc(CC(=O)Nc2ccc3c(c2F)CCNC3)cs1. The van der Waals surface area contributed by atoms with Crippen molar-refractivity contribution in [2.45, 2.75) is 33.2 Å². The van der Waals surface area contributed by atoms with Crippen LogP contribution in [0.4, 0.5) is 15.2 Å². The first-order chi connectivity index (χ1) is 12.4. The monoisotopic (exact) mass is 376 g/mol. The van der Waals surface area contributed by atoms with Gasteiger partial charge < -0.3 is 16.0 Å². The smallest absolute Gasteiger partial charge is 0.230 e. The van der Waals surface area contributed by atoms with E-state index in [0.717, 1.165) is 12.1 Å². The van der Waals surface area contributed by atoms with Crippen LogP contribution in [0.15, 0.2) is 17.5 Å². The van der Waals surface area contributed by atoms with E-state index in [1.165, 1.54) is 11.3 Å². The third-order valence-electron chi connectivity index (χ3n) is 4.13. The summed E-state index contributed by atoms with van der Waals surface area (Å²) in [5.41, 5.74) is 2.32. The topological polar surface area (TPSA) is 83.1 Å². The largest absolute Gasteiger partial charge is 0.323 e. The van der Waals surface area contributed by atoms with Gasteiger partial charge in [0.1, 0.15) is 5.82 Å². The van der Waals surface area contributed by atoms with Crippen molar-refractivity contribution in [3.63, 3.8) is 0 Å². The predicted molar refractivity (Wildman–Crippen MR) is 99.7 cm³/mol. The second-order valence-electron chi connectivity index (χ2n) is 6.50. The molecule has 0 bridgehead atoms. The molecule has 0 fully saturated rings. The number of benzene rings is 1.